The largest absolute Gasteiger partial charge is 0.352 e. The SMILES string of the molecule is CC(C)(C)NCc1cnc(N2CC3CCC2C3)c(Cl)c1. The number of fused-ring (bicyclic) bond motifs is 2. The molecule has 1 aliphatic heterocycles. The van der Waals surface area contributed by atoms with Crippen LogP contribution < -0.4 is 10.2 Å². The van der Waals surface area contributed by atoms with E-state index in [-0.39, 0.29) is 5.54 Å². The van der Waals surface area contributed by atoms with Crippen LogP contribution in [0.1, 0.15) is 45.6 Å². The lowest BCUT2D eigenvalue weighted by Gasteiger charge is -2.29. The van der Waals surface area contributed by atoms with E-state index >= 15 is 0 Å². The Hall–Kier alpha value is -0.800. The zero-order valence-electron chi connectivity index (χ0n) is 12.6. The maximum absolute atomic E-state index is 6.46. The van der Waals surface area contributed by atoms with Crippen LogP contribution in [0.15, 0.2) is 12.3 Å². The molecular formula is C16H24ClN3. The fraction of sp³-hybridized carbons (Fsp3) is 0.688. The average Bonchev–Trinajstić information content (AvgIpc) is 2.98. The lowest BCUT2D eigenvalue weighted by Crippen LogP contribution is -2.35. The van der Waals surface area contributed by atoms with E-state index in [2.05, 4.69) is 42.0 Å². The molecule has 1 saturated heterocycles. The second-order valence-electron chi connectivity index (χ2n) is 7.24. The Morgan fingerprint density at radius 2 is 2.20 bits per heavy atom. The monoisotopic (exact) mass is 293 g/mol. The first-order valence-electron chi connectivity index (χ1n) is 7.58. The van der Waals surface area contributed by atoms with Crippen molar-refractivity contribution in [3.8, 4) is 0 Å². The third kappa shape index (κ3) is 2.94. The van der Waals surface area contributed by atoms with Gasteiger partial charge in [0.25, 0.3) is 0 Å². The van der Waals surface area contributed by atoms with Gasteiger partial charge in [-0.2, -0.15) is 0 Å². The second kappa shape index (κ2) is 5.19. The van der Waals surface area contributed by atoms with Gasteiger partial charge in [0.15, 0.2) is 0 Å². The summed E-state index contributed by atoms with van der Waals surface area (Å²) in [6.45, 7) is 8.44. The van der Waals surface area contributed by atoms with Crippen molar-refractivity contribution in [3.63, 3.8) is 0 Å². The first-order valence-corrected chi connectivity index (χ1v) is 7.96. The molecule has 3 nitrogen and oxygen atoms in total. The van der Waals surface area contributed by atoms with Crippen molar-refractivity contribution in [1.82, 2.24) is 10.3 Å². The number of piperidine rings is 1. The summed E-state index contributed by atoms with van der Waals surface area (Å²) in [5.74, 6) is 1.85. The number of aromatic nitrogens is 1. The molecular weight excluding hydrogens is 270 g/mol. The zero-order valence-corrected chi connectivity index (χ0v) is 13.4. The van der Waals surface area contributed by atoms with Gasteiger partial charge in [0.05, 0.1) is 5.02 Å². The molecule has 3 rings (SSSR count). The minimum atomic E-state index is 0.110. The highest BCUT2D eigenvalue weighted by Crippen LogP contribution is 2.41. The van der Waals surface area contributed by atoms with Crippen LogP contribution in [0, 0.1) is 5.92 Å². The van der Waals surface area contributed by atoms with Gasteiger partial charge in [-0.1, -0.05) is 11.6 Å². The van der Waals surface area contributed by atoms with Gasteiger partial charge in [-0.05, 0) is 57.6 Å². The van der Waals surface area contributed by atoms with Crippen LogP contribution in [0.2, 0.25) is 5.02 Å². The molecule has 20 heavy (non-hydrogen) atoms. The summed E-state index contributed by atoms with van der Waals surface area (Å²) >= 11 is 6.46. The second-order valence-corrected chi connectivity index (χ2v) is 7.65. The van der Waals surface area contributed by atoms with Crippen LogP contribution >= 0.6 is 11.6 Å². The number of nitrogens with zero attached hydrogens (tertiary/aromatic N) is 2. The molecule has 2 atom stereocenters. The first kappa shape index (κ1) is 14.2. The summed E-state index contributed by atoms with van der Waals surface area (Å²) < 4.78 is 0. The van der Waals surface area contributed by atoms with Crippen molar-refractivity contribution in [1.29, 1.82) is 0 Å². The molecule has 1 N–H and O–H groups in total. The van der Waals surface area contributed by atoms with Gasteiger partial charge >= 0.3 is 0 Å². The van der Waals surface area contributed by atoms with Crippen molar-refractivity contribution in [2.24, 2.45) is 5.92 Å². The van der Waals surface area contributed by atoms with E-state index in [9.17, 15) is 0 Å². The van der Waals surface area contributed by atoms with Crippen LogP contribution in [0.25, 0.3) is 0 Å². The zero-order chi connectivity index (χ0) is 14.3. The molecule has 1 aliphatic carbocycles. The molecule has 2 fully saturated rings. The molecule has 2 aliphatic rings. The number of hydrogen-bond donors (Lipinski definition) is 1. The van der Waals surface area contributed by atoms with E-state index in [1.165, 1.54) is 19.3 Å². The maximum atomic E-state index is 6.46. The standard InChI is InChI=1S/C16H24ClN3/c1-16(2,3)19-9-12-7-14(17)15(18-8-12)20-10-11-4-5-13(20)6-11/h7-8,11,13,19H,4-6,9-10H2,1-3H3. The molecule has 2 heterocycles. The fourth-order valence-corrected chi connectivity index (χ4v) is 3.63. The predicted octanol–water partition coefficient (Wildman–Crippen LogP) is 3.61. The molecule has 1 saturated carbocycles. The van der Waals surface area contributed by atoms with Gasteiger partial charge in [-0.3, -0.25) is 0 Å². The fourth-order valence-electron chi connectivity index (χ4n) is 3.33. The van der Waals surface area contributed by atoms with Gasteiger partial charge in [-0.25, -0.2) is 4.98 Å². The molecule has 0 aromatic carbocycles. The Labute approximate surface area is 126 Å². The average molecular weight is 294 g/mol. The van der Waals surface area contributed by atoms with Crippen LogP contribution in [0.4, 0.5) is 5.82 Å². The number of hydrogen-bond acceptors (Lipinski definition) is 3. The van der Waals surface area contributed by atoms with E-state index in [0.29, 0.717) is 6.04 Å². The number of halogens is 1. The summed E-state index contributed by atoms with van der Waals surface area (Å²) in [6, 6.07) is 2.73. The van der Waals surface area contributed by atoms with Gasteiger partial charge in [0, 0.05) is 30.9 Å². The lowest BCUT2D eigenvalue weighted by molar-refractivity contribution is 0.424. The summed E-state index contributed by atoms with van der Waals surface area (Å²) in [5, 5.41) is 4.27. The highest BCUT2D eigenvalue weighted by molar-refractivity contribution is 6.33. The molecule has 1 aromatic heterocycles. The van der Waals surface area contributed by atoms with Crippen molar-refractivity contribution >= 4 is 17.4 Å². The smallest absolute Gasteiger partial charge is 0.147 e. The number of pyridine rings is 1. The molecule has 2 unspecified atom stereocenters. The maximum Gasteiger partial charge on any atom is 0.147 e. The van der Waals surface area contributed by atoms with Gasteiger partial charge in [-0.15, -0.1) is 0 Å². The summed E-state index contributed by atoms with van der Waals surface area (Å²) in [4.78, 5) is 7.05. The van der Waals surface area contributed by atoms with Crippen LogP contribution in [-0.4, -0.2) is 23.1 Å². The van der Waals surface area contributed by atoms with E-state index in [4.69, 9.17) is 11.6 Å². The van der Waals surface area contributed by atoms with E-state index in [0.717, 1.165) is 35.4 Å². The molecule has 0 radical (unpaired) electrons. The first-order chi connectivity index (χ1) is 9.42. The van der Waals surface area contributed by atoms with Gasteiger partial charge in [0.1, 0.15) is 5.82 Å². The number of anilines is 1. The van der Waals surface area contributed by atoms with E-state index < -0.39 is 0 Å². The van der Waals surface area contributed by atoms with Gasteiger partial charge < -0.3 is 10.2 Å². The highest BCUT2D eigenvalue weighted by atomic mass is 35.5. The summed E-state index contributed by atoms with van der Waals surface area (Å²) in [7, 11) is 0. The Balaban J connectivity index is 1.71. The van der Waals surface area contributed by atoms with Crippen molar-refractivity contribution < 1.29 is 0 Å². The van der Waals surface area contributed by atoms with Crippen molar-refractivity contribution in [2.45, 2.75) is 58.2 Å². The van der Waals surface area contributed by atoms with Crippen LogP contribution in [0.5, 0.6) is 0 Å². The minimum Gasteiger partial charge on any atom is -0.352 e. The number of rotatable bonds is 3. The molecule has 4 heteroatoms. The highest BCUT2D eigenvalue weighted by Gasteiger charge is 2.39. The molecule has 2 bridgehead atoms. The van der Waals surface area contributed by atoms with Crippen molar-refractivity contribution in [2.75, 3.05) is 11.4 Å². The predicted molar refractivity (Wildman–Crippen MR) is 84.3 cm³/mol. The Kier molecular flexibility index (Phi) is 3.67. The third-order valence-corrected chi connectivity index (χ3v) is 4.66. The van der Waals surface area contributed by atoms with E-state index in [1.807, 2.05) is 6.20 Å². The molecule has 1 aromatic rings. The minimum absolute atomic E-state index is 0.110. The van der Waals surface area contributed by atoms with Crippen LogP contribution in [0.3, 0.4) is 0 Å². The Bertz CT molecular complexity index is 495. The molecule has 0 spiro atoms. The normalized spacial score (nSPS) is 25.5. The Morgan fingerprint density at radius 1 is 1.40 bits per heavy atom. The topological polar surface area (TPSA) is 28.2 Å². The molecule has 110 valence electrons. The quantitative estimate of drug-likeness (QED) is 0.923. The van der Waals surface area contributed by atoms with E-state index in [1.54, 1.807) is 0 Å². The Morgan fingerprint density at radius 3 is 2.75 bits per heavy atom. The van der Waals surface area contributed by atoms with Crippen LogP contribution in [-0.2, 0) is 6.54 Å². The van der Waals surface area contributed by atoms with Crippen molar-refractivity contribution in [3.05, 3.63) is 22.8 Å². The summed E-state index contributed by atoms with van der Waals surface area (Å²) in [6.07, 6.45) is 5.97. The summed E-state index contributed by atoms with van der Waals surface area (Å²) in [5.41, 5.74) is 1.26. The van der Waals surface area contributed by atoms with Gasteiger partial charge in [0.2, 0.25) is 0 Å². The lowest BCUT2D eigenvalue weighted by atomic mass is 10.1. The molecule has 0 amide bonds. The number of nitrogens with one attached hydrogen (secondary N) is 1. The third-order valence-electron chi connectivity index (χ3n) is 4.38.